The monoisotopic (exact) mass is 346 g/mol. The van der Waals surface area contributed by atoms with Crippen LogP contribution in [-0.2, 0) is 9.47 Å². The highest BCUT2D eigenvalue weighted by molar-refractivity contribution is 6.01. The van der Waals surface area contributed by atoms with E-state index >= 15 is 0 Å². The van der Waals surface area contributed by atoms with Gasteiger partial charge in [0, 0.05) is 31.3 Å². The van der Waals surface area contributed by atoms with E-state index in [1.807, 2.05) is 18.7 Å². The quantitative estimate of drug-likeness (QED) is 0.656. The zero-order chi connectivity index (χ0) is 17.7. The normalized spacial score (nSPS) is 29.5. The lowest BCUT2D eigenvalue weighted by Gasteiger charge is -2.50. The molecule has 1 amide bonds. The van der Waals surface area contributed by atoms with Crippen LogP contribution < -0.4 is 0 Å². The summed E-state index contributed by atoms with van der Waals surface area (Å²) in [5, 5.41) is 0. The number of methoxy groups -OCH3 is 1. The Hall–Kier alpha value is -1.82. The predicted octanol–water partition coefficient (Wildman–Crippen LogP) is 2.31. The fourth-order valence-electron chi connectivity index (χ4n) is 5.26. The molecular weight excluding hydrogens is 320 g/mol. The number of aromatic nitrogens is 1. The molecule has 2 heterocycles. The first-order valence-corrected chi connectivity index (χ1v) is 9.19. The molecule has 136 valence electrons. The van der Waals surface area contributed by atoms with Gasteiger partial charge in [0.1, 0.15) is 12.3 Å². The molecule has 4 rings (SSSR count). The third-order valence-electron chi connectivity index (χ3n) is 6.45. The van der Waals surface area contributed by atoms with E-state index in [0.717, 1.165) is 12.5 Å². The second-order valence-corrected chi connectivity index (χ2v) is 7.70. The van der Waals surface area contributed by atoms with Gasteiger partial charge in [-0.05, 0) is 50.5 Å². The van der Waals surface area contributed by atoms with Gasteiger partial charge in [0.2, 0.25) is 0 Å². The van der Waals surface area contributed by atoms with Crippen LogP contribution in [0.3, 0.4) is 0 Å². The van der Waals surface area contributed by atoms with Crippen molar-refractivity contribution in [3.05, 3.63) is 22.5 Å². The molecule has 2 bridgehead atoms. The van der Waals surface area contributed by atoms with Gasteiger partial charge in [-0.25, -0.2) is 4.79 Å². The van der Waals surface area contributed by atoms with Gasteiger partial charge in [0.15, 0.2) is 0 Å². The number of nitrogens with zero attached hydrogens (tertiary/aromatic N) is 1. The molecule has 1 aromatic heterocycles. The van der Waals surface area contributed by atoms with Gasteiger partial charge in [0.25, 0.3) is 5.91 Å². The van der Waals surface area contributed by atoms with E-state index in [4.69, 9.17) is 9.47 Å². The van der Waals surface area contributed by atoms with Gasteiger partial charge >= 0.3 is 5.97 Å². The average molecular weight is 346 g/mol. The number of amides is 1. The summed E-state index contributed by atoms with van der Waals surface area (Å²) in [5.74, 6) is 1.85. The highest BCUT2D eigenvalue weighted by atomic mass is 16.6. The first kappa shape index (κ1) is 16.6. The van der Waals surface area contributed by atoms with Crippen LogP contribution in [0.15, 0.2) is 0 Å². The molecule has 0 radical (unpaired) electrons. The number of carbonyl (C=O) groups is 2. The highest BCUT2D eigenvalue weighted by Gasteiger charge is 2.57. The number of likely N-dealkylation sites (tertiary alicyclic amines) is 1. The van der Waals surface area contributed by atoms with E-state index in [2.05, 4.69) is 4.98 Å². The molecule has 0 spiro atoms. The minimum absolute atomic E-state index is 0.0327. The first-order valence-electron chi connectivity index (χ1n) is 9.19. The molecule has 1 aliphatic heterocycles. The molecule has 3 fully saturated rings. The first-order chi connectivity index (χ1) is 12.0. The molecule has 2 saturated carbocycles. The smallest absolute Gasteiger partial charge is 0.340 e. The number of hydrogen-bond donors (Lipinski definition) is 1. The van der Waals surface area contributed by atoms with Crippen molar-refractivity contribution in [1.82, 2.24) is 9.88 Å². The molecule has 1 N–H and O–H groups in total. The van der Waals surface area contributed by atoms with Crippen LogP contribution in [0.2, 0.25) is 0 Å². The summed E-state index contributed by atoms with van der Waals surface area (Å²) in [7, 11) is 1.56. The van der Waals surface area contributed by atoms with Crippen molar-refractivity contribution in [2.24, 2.45) is 17.8 Å². The molecule has 1 aromatic rings. The van der Waals surface area contributed by atoms with E-state index in [0.29, 0.717) is 47.0 Å². The Labute approximate surface area is 147 Å². The molecule has 1 saturated heterocycles. The number of aryl methyl sites for hydroxylation is 1. The SMILES string of the molecule is COCCOC(=O)c1c(C)[nH]c(C(=O)N2C[C@@H]3[C@H]4CC[C@@H](C4)[C@@H]32)c1C. The molecular formula is C19H26N2O4. The standard InChI is InChI=1S/C19H26N2O4/c1-10-15(19(23)25-7-6-24-3)11(2)20-16(10)18(22)21-9-14-12-4-5-13(8-12)17(14)21/h12-14,17,20H,4-9H2,1-3H3/t12-,13-,14+,17-/m0/s1. The van der Waals surface area contributed by atoms with Gasteiger partial charge in [-0.2, -0.15) is 0 Å². The summed E-state index contributed by atoms with van der Waals surface area (Å²) >= 11 is 0. The lowest BCUT2D eigenvalue weighted by molar-refractivity contribution is -0.00951. The van der Waals surface area contributed by atoms with Gasteiger partial charge in [0.05, 0.1) is 12.2 Å². The number of ether oxygens (including phenoxy) is 2. The van der Waals surface area contributed by atoms with Crippen LogP contribution in [-0.4, -0.2) is 54.7 Å². The topological polar surface area (TPSA) is 71.6 Å². The van der Waals surface area contributed by atoms with Gasteiger partial charge in [-0.3, -0.25) is 4.79 Å². The fraction of sp³-hybridized carbons (Fsp3) is 0.684. The summed E-state index contributed by atoms with van der Waals surface area (Å²) in [6, 6.07) is 0.423. The maximum absolute atomic E-state index is 13.0. The van der Waals surface area contributed by atoms with Crippen molar-refractivity contribution >= 4 is 11.9 Å². The van der Waals surface area contributed by atoms with Crippen molar-refractivity contribution in [3.63, 3.8) is 0 Å². The molecule has 2 aliphatic carbocycles. The zero-order valence-corrected chi connectivity index (χ0v) is 15.1. The maximum Gasteiger partial charge on any atom is 0.340 e. The second kappa shape index (κ2) is 6.16. The van der Waals surface area contributed by atoms with Crippen molar-refractivity contribution in [1.29, 1.82) is 0 Å². The third kappa shape index (κ3) is 2.49. The summed E-state index contributed by atoms with van der Waals surface area (Å²) in [5.41, 5.74) is 2.40. The molecule has 3 aliphatic rings. The number of esters is 1. The number of nitrogens with one attached hydrogen (secondary N) is 1. The molecule has 6 heteroatoms. The van der Waals surface area contributed by atoms with Gasteiger partial charge in [-0.1, -0.05) is 0 Å². The summed E-state index contributed by atoms with van der Waals surface area (Å²) in [6.45, 7) is 5.08. The van der Waals surface area contributed by atoms with Crippen molar-refractivity contribution < 1.29 is 19.1 Å². The number of fused-ring (bicyclic) bond motifs is 5. The molecule has 0 aromatic carbocycles. The number of H-pyrrole nitrogens is 1. The third-order valence-corrected chi connectivity index (χ3v) is 6.45. The Morgan fingerprint density at radius 3 is 2.68 bits per heavy atom. The Bertz CT molecular complexity index is 709. The lowest BCUT2D eigenvalue weighted by atomic mass is 9.76. The maximum atomic E-state index is 13.0. The number of carbonyl (C=O) groups excluding carboxylic acids is 2. The minimum atomic E-state index is -0.399. The van der Waals surface area contributed by atoms with Crippen LogP contribution in [0.1, 0.15) is 51.4 Å². The number of hydrogen-bond acceptors (Lipinski definition) is 4. The number of aromatic amines is 1. The van der Waals surface area contributed by atoms with Crippen LogP contribution in [0, 0.1) is 31.6 Å². The Balaban J connectivity index is 1.50. The Kier molecular flexibility index (Phi) is 4.10. The largest absolute Gasteiger partial charge is 0.460 e. The summed E-state index contributed by atoms with van der Waals surface area (Å²) < 4.78 is 10.1. The molecule has 4 atom stereocenters. The summed E-state index contributed by atoms with van der Waals surface area (Å²) in [4.78, 5) is 30.5. The van der Waals surface area contributed by atoms with Gasteiger partial charge in [-0.15, -0.1) is 0 Å². The van der Waals surface area contributed by atoms with Gasteiger partial charge < -0.3 is 19.4 Å². The zero-order valence-electron chi connectivity index (χ0n) is 15.1. The molecule has 0 unspecified atom stereocenters. The van der Waals surface area contributed by atoms with Crippen LogP contribution in [0.4, 0.5) is 0 Å². The fourth-order valence-corrected chi connectivity index (χ4v) is 5.26. The minimum Gasteiger partial charge on any atom is -0.460 e. The second-order valence-electron chi connectivity index (χ2n) is 7.70. The Morgan fingerprint density at radius 1 is 1.20 bits per heavy atom. The summed E-state index contributed by atoms with van der Waals surface area (Å²) in [6.07, 6.45) is 3.89. The van der Waals surface area contributed by atoms with E-state index in [1.165, 1.54) is 19.3 Å². The average Bonchev–Trinajstić information content (AvgIpc) is 3.18. The van der Waals surface area contributed by atoms with E-state index in [1.54, 1.807) is 7.11 Å². The van der Waals surface area contributed by atoms with Crippen LogP contribution in [0.25, 0.3) is 0 Å². The lowest BCUT2D eigenvalue weighted by Crippen LogP contribution is -2.61. The molecule has 6 nitrogen and oxygen atoms in total. The number of rotatable bonds is 5. The van der Waals surface area contributed by atoms with E-state index in [9.17, 15) is 9.59 Å². The van der Waals surface area contributed by atoms with Crippen LogP contribution in [0.5, 0.6) is 0 Å². The van der Waals surface area contributed by atoms with E-state index in [-0.39, 0.29) is 12.5 Å². The van der Waals surface area contributed by atoms with Crippen molar-refractivity contribution in [3.8, 4) is 0 Å². The Morgan fingerprint density at radius 2 is 1.96 bits per heavy atom. The van der Waals surface area contributed by atoms with Crippen molar-refractivity contribution in [2.45, 2.75) is 39.2 Å². The highest BCUT2D eigenvalue weighted by Crippen LogP contribution is 2.55. The molecule has 25 heavy (non-hydrogen) atoms. The van der Waals surface area contributed by atoms with Crippen LogP contribution >= 0.6 is 0 Å². The van der Waals surface area contributed by atoms with E-state index < -0.39 is 5.97 Å². The van der Waals surface area contributed by atoms with Crippen molar-refractivity contribution in [2.75, 3.05) is 26.9 Å². The predicted molar refractivity (Wildman–Crippen MR) is 91.6 cm³/mol.